The molecule has 0 aliphatic rings. The number of benzene rings is 1. The summed E-state index contributed by atoms with van der Waals surface area (Å²) < 4.78 is 0. The van der Waals surface area contributed by atoms with Gasteiger partial charge in [0.05, 0.1) is 16.7 Å². The number of H-pyrrole nitrogens is 1. The van der Waals surface area contributed by atoms with Crippen molar-refractivity contribution < 1.29 is 4.79 Å². The third-order valence-corrected chi connectivity index (χ3v) is 3.59. The minimum atomic E-state index is -0.390. The minimum absolute atomic E-state index is 0.0152. The molecule has 0 radical (unpaired) electrons. The van der Waals surface area contributed by atoms with Crippen LogP contribution < -0.4 is 11.3 Å². The number of hydrogen-bond donors (Lipinski definition) is 2. The number of Topliss-reactive ketones (excluding diaryl/α,β-unsaturated/α-hetero) is 1. The molecule has 0 fully saturated rings. The third-order valence-electron chi connectivity index (χ3n) is 2.72. The number of carbonyl (C=O) groups is 1. The Bertz CT molecular complexity index is 829. The number of allylic oxidation sites excluding steroid dienone is 2. The summed E-state index contributed by atoms with van der Waals surface area (Å²) in [4.78, 5) is 30.6. The van der Waals surface area contributed by atoms with Crippen LogP contribution in [0.5, 0.6) is 0 Å². The van der Waals surface area contributed by atoms with Crippen LogP contribution >= 0.6 is 11.8 Å². The molecule has 1 heterocycles. The van der Waals surface area contributed by atoms with Crippen molar-refractivity contribution in [3.8, 4) is 6.07 Å². The molecule has 0 saturated heterocycles. The molecule has 21 heavy (non-hydrogen) atoms. The summed E-state index contributed by atoms with van der Waals surface area (Å²) in [5.41, 5.74) is 5.88. The maximum absolute atomic E-state index is 11.9. The number of nitrogens with zero attached hydrogens (tertiary/aromatic N) is 2. The lowest BCUT2D eigenvalue weighted by Gasteiger charge is -2.03. The van der Waals surface area contributed by atoms with Gasteiger partial charge < -0.3 is 10.7 Å². The van der Waals surface area contributed by atoms with Crippen LogP contribution in [0, 0.1) is 11.3 Å². The van der Waals surface area contributed by atoms with Crippen molar-refractivity contribution in [1.82, 2.24) is 9.97 Å². The minimum Gasteiger partial charge on any atom is -0.401 e. The fourth-order valence-electron chi connectivity index (χ4n) is 1.71. The van der Waals surface area contributed by atoms with Crippen LogP contribution in [0.1, 0.15) is 6.92 Å². The molecule has 0 unspecified atom stereocenters. The third kappa shape index (κ3) is 3.30. The Morgan fingerprint density at radius 3 is 2.86 bits per heavy atom. The van der Waals surface area contributed by atoms with Crippen LogP contribution in [0.3, 0.4) is 0 Å². The second-order valence-electron chi connectivity index (χ2n) is 4.27. The highest BCUT2D eigenvalue weighted by Gasteiger charge is 2.13. The van der Waals surface area contributed by atoms with E-state index < -0.39 is 5.78 Å². The molecule has 0 aliphatic heterocycles. The number of ketones is 1. The van der Waals surface area contributed by atoms with Crippen LogP contribution in [-0.4, -0.2) is 21.5 Å². The first-order chi connectivity index (χ1) is 10.0. The molecule has 1 aromatic heterocycles. The number of carbonyl (C=O) groups excluding carboxylic acids is 1. The molecule has 3 N–H and O–H groups in total. The van der Waals surface area contributed by atoms with Gasteiger partial charge in [-0.25, -0.2) is 4.98 Å². The van der Waals surface area contributed by atoms with Gasteiger partial charge in [-0.3, -0.25) is 9.59 Å². The van der Waals surface area contributed by atoms with E-state index in [2.05, 4.69) is 9.97 Å². The van der Waals surface area contributed by atoms with Gasteiger partial charge in [-0.15, -0.1) is 0 Å². The van der Waals surface area contributed by atoms with E-state index in [4.69, 9.17) is 11.0 Å². The molecule has 0 aliphatic carbocycles. The van der Waals surface area contributed by atoms with E-state index in [-0.39, 0.29) is 22.6 Å². The van der Waals surface area contributed by atoms with Gasteiger partial charge in [0.15, 0.2) is 10.9 Å². The van der Waals surface area contributed by atoms with E-state index in [0.717, 1.165) is 11.8 Å². The molecular formula is C14H12N4O2S. The maximum atomic E-state index is 11.9. The molecule has 0 saturated carbocycles. The predicted molar refractivity (Wildman–Crippen MR) is 80.6 cm³/mol. The Hall–Kier alpha value is -2.59. The van der Waals surface area contributed by atoms with Crippen LogP contribution in [-0.2, 0) is 4.79 Å². The van der Waals surface area contributed by atoms with E-state index in [9.17, 15) is 9.59 Å². The van der Waals surface area contributed by atoms with E-state index in [0.29, 0.717) is 16.1 Å². The molecule has 106 valence electrons. The zero-order chi connectivity index (χ0) is 15.4. The Labute approximate surface area is 124 Å². The number of nitrogens with two attached hydrogens (primary N) is 1. The molecular weight excluding hydrogens is 288 g/mol. The molecule has 0 spiro atoms. The number of fused-ring (bicyclic) bond motifs is 1. The molecule has 1 aromatic carbocycles. The topological polar surface area (TPSA) is 113 Å². The average Bonchev–Trinajstić information content (AvgIpc) is 2.45. The number of nitrogens with one attached hydrogen (secondary N) is 1. The van der Waals surface area contributed by atoms with Crippen molar-refractivity contribution in [1.29, 1.82) is 5.26 Å². The second-order valence-corrected chi connectivity index (χ2v) is 5.23. The summed E-state index contributed by atoms with van der Waals surface area (Å²) in [6, 6.07) is 8.71. The van der Waals surface area contributed by atoms with Gasteiger partial charge in [0.1, 0.15) is 11.6 Å². The van der Waals surface area contributed by atoms with Gasteiger partial charge in [-0.1, -0.05) is 23.9 Å². The highest BCUT2D eigenvalue weighted by atomic mass is 32.2. The zero-order valence-electron chi connectivity index (χ0n) is 11.2. The smallest absolute Gasteiger partial charge is 0.259 e. The van der Waals surface area contributed by atoms with Crippen LogP contribution in [0.2, 0.25) is 0 Å². The number of aromatic nitrogens is 2. The lowest BCUT2D eigenvalue weighted by atomic mass is 10.2. The monoisotopic (exact) mass is 300 g/mol. The van der Waals surface area contributed by atoms with Gasteiger partial charge in [0, 0.05) is 5.70 Å². The Balaban J connectivity index is 2.22. The van der Waals surface area contributed by atoms with Crippen molar-refractivity contribution in [2.75, 3.05) is 5.75 Å². The number of thioether (sulfide) groups is 1. The highest BCUT2D eigenvalue weighted by molar-refractivity contribution is 7.99. The number of para-hydroxylation sites is 1. The van der Waals surface area contributed by atoms with Crippen LogP contribution in [0.25, 0.3) is 10.9 Å². The quantitative estimate of drug-likeness (QED) is 0.381. The Kier molecular flexibility index (Phi) is 4.40. The number of nitriles is 1. The Morgan fingerprint density at radius 2 is 2.19 bits per heavy atom. The fourth-order valence-corrected chi connectivity index (χ4v) is 2.45. The zero-order valence-corrected chi connectivity index (χ0v) is 12.0. The first kappa shape index (κ1) is 14.8. The average molecular weight is 300 g/mol. The molecule has 2 rings (SSSR count). The van der Waals surface area contributed by atoms with E-state index in [1.165, 1.54) is 6.92 Å². The number of hydrogen-bond acceptors (Lipinski definition) is 6. The standard InChI is InChI=1S/C14H12N4O2S/c1-8(16)10(6-15)12(19)7-21-14-17-11-5-3-2-4-9(11)13(20)18-14/h2-5H,7,16H2,1H3,(H,17,18,20)/b10-8-. The highest BCUT2D eigenvalue weighted by Crippen LogP contribution is 2.16. The van der Waals surface area contributed by atoms with Gasteiger partial charge in [-0.2, -0.15) is 5.26 Å². The summed E-state index contributed by atoms with van der Waals surface area (Å²) in [5.74, 6) is -0.406. The number of aromatic amines is 1. The molecule has 7 heteroatoms. The van der Waals surface area contributed by atoms with Crippen molar-refractivity contribution in [2.45, 2.75) is 12.1 Å². The first-order valence-electron chi connectivity index (χ1n) is 6.04. The summed E-state index contributed by atoms with van der Waals surface area (Å²) in [5, 5.41) is 9.68. The second kappa shape index (κ2) is 6.24. The van der Waals surface area contributed by atoms with Crippen molar-refractivity contribution >= 4 is 28.4 Å². The van der Waals surface area contributed by atoms with E-state index in [1.807, 2.05) is 0 Å². The predicted octanol–water partition coefficient (Wildman–Crippen LogP) is 1.34. The molecule has 0 bridgehead atoms. The summed E-state index contributed by atoms with van der Waals surface area (Å²) in [6.45, 7) is 1.50. The Morgan fingerprint density at radius 1 is 1.48 bits per heavy atom. The van der Waals surface area contributed by atoms with Crippen molar-refractivity contribution in [3.63, 3.8) is 0 Å². The summed E-state index contributed by atoms with van der Waals surface area (Å²) in [6.07, 6.45) is 0. The first-order valence-corrected chi connectivity index (χ1v) is 7.03. The maximum Gasteiger partial charge on any atom is 0.259 e. The lowest BCUT2D eigenvalue weighted by Crippen LogP contribution is -2.12. The normalized spacial score (nSPS) is 11.8. The van der Waals surface area contributed by atoms with Crippen LogP contribution in [0.4, 0.5) is 0 Å². The SMILES string of the molecule is C/C(N)=C(\C#N)C(=O)CSc1nc2ccccc2c(=O)[nH]1. The molecule has 2 aromatic rings. The summed E-state index contributed by atoms with van der Waals surface area (Å²) in [7, 11) is 0. The van der Waals surface area contributed by atoms with E-state index >= 15 is 0 Å². The van der Waals surface area contributed by atoms with Gasteiger partial charge in [-0.05, 0) is 19.1 Å². The van der Waals surface area contributed by atoms with Crippen molar-refractivity contribution in [3.05, 3.63) is 45.9 Å². The van der Waals surface area contributed by atoms with Crippen LogP contribution in [0.15, 0.2) is 45.5 Å². The van der Waals surface area contributed by atoms with Crippen molar-refractivity contribution in [2.24, 2.45) is 5.73 Å². The largest absolute Gasteiger partial charge is 0.401 e. The molecule has 0 atom stereocenters. The number of rotatable bonds is 4. The molecule has 0 amide bonds. The lowest BCUT2D eigenvalue weighted by molar-refractivity contribution is -0.112. The summed E-state index contributed by atoms with van der Waals surface area (Å²) >= 11 is 1.06. The van der Waals surface area contributed by atoms with Gasteiger partial charge in [0.2, 0.25) is 0 Å². The van der Waals surface area contributed by atoms with Gasteiger partial charge >= 0.3 is 0 Å². The molecule has 6 nitrogen and oxygen atoms in total. The fraction of sp³-hybridized carbons (Fsp3) is 0.143. The van der Waals surface area contributed by atoms with Gasteiger partial charge in [0.25, 0.3) is 5.56 Å². The van der Waals surface area contributed by atoms with E-state index in [1.54, 1.807) is 30.3 Å².